The van der Waals surface area contributed by atoms with E-state index in [0.717, 1.165) is 5.69 Å². The van der Waals surface area contributed by atoms with Crippen LogP contribution in [0.25, 0.3) is 0 Å². The van der Waals surface area contributed by atoms with Crippen LogP contribution in [-0.4, -0.2) is 22.6 Å². The van der Waals surface area contributed by atoms with Crippen LogP contribution < -0.4 is 5.73 Å². The fourth-order valence-electron chi connectivity index (χ4n) is 1.73. The van der Waals surface area contributed by atoms with Crippen molar-refractivity contribution in [2.24, 2.45) is 11.7 Å². The van der Waals surface area contributed by atoms with Gasteiger partial charge >= 0.3 is 5.97 Å². The Morgan fingerprint density at radius 3 is 2.56 bits per heavy atom. The average molecular weight is 225 g/mol. The fourth-order valence-corrected chi connectivity index (χ4v) is 1.73. The van der Waals surface area contributed by atoms with Gasteiger partial charge in [0.1, 0.15) is 6.04 Å². The van der Waals surface area contributed by atoms with E-state index in [1.807, 2.05) is 20.8 Å². The quantitative estimate of drug-likeness (QED) is 0.783. The van der Waals surface area contributed by atoms with Crippen molar-refractivity contribution < 1.29 is 9.53 Å². The second-order valence-corrected chi connectivity index (χ2v) is 4.23. The van der Waals surface area contributed by atoms with E-state index in [-0.39, 0.29) is 24.0 Å². The molecule has 5 nitrogen and oxygen atoms in total. The summed E-state index contributed by atoms with van der Waals surface area (Å²) < 4.78 is 6.60. The highest BCUT2D eigenvalue weighted by Gasteiger charge is 2.27. The minimum Gasteiger partial charge on any atom is -0.467 e. The minimum atomic E-state index is -0.367. The van der Waals surface area contributed by atoms with Gasteiger partial charge in [0.25, 0.3) is 0 Å². The molecule has 0 bridgehead atoms. The molecule has 1 aromatic rings. The summed E-state index contributed by atoms with van der Waals surface area (Å²) in [5.74, 6) is -0.144. The van der Waals surface area contributed by atoms with Gasteiger partial charge in [-0.3, -0.25) is 0 Å². The first-order chi connectivity index (χ1) is 7.49. The summed E-state index contributed by atoms with van der Waals surface area (Å²) in [5, 5.41) is 0. The number of methoxy groups -OCH3 is 1. The van der Waals surface area contributed by atoms with Gasteiger partial charge in [0.05, 0.1) is 19.1 Å². The van der Waals surface area contributed by atoms with Crippen LogP contribution in [0.5, 0.6) is 0 Å². The van der Waals surface area contributed by atoms with Crippen LogP contribution in [0.4, 0.5) is 0 Å². The van der Waals surface area contributed by atoms with Crippen LogP contribution >= 0.6 is 0 Å². The van der Waals surface area contributed by atoms with E-state index < -0.39 is 0 Å². The largest absolute Gasteiger partial charge is 0.467 e. The molecule has 0 aliphatic heterocycles. The van der Waals surface area contributed by atoms with Crippen molar-refractivity contribution >= 4 is 5.97 Å². The number of hydrogen-bond donors (Lipinski definition) is 1. The third-order valence-electron chi connectivity index (χ3n) is 2.54. The number of ether oxygens (including phenoxy) is 1. The van der Waals surface area contributed by atoms with Gasteiger partial charge in [0.15, 0.2) is 0 Å². The summed E-state index contributed by atoms with van der Waals surface area (Å²) in [5.41, 5.74) is 6.66. The molecule has 1 heterocycles. The molecule has 0 amide bonds. The number of carbonyl (C=O) groups is 1. The number of aromatic nitrogens is 2. The van der Waals surface area contributed by atoms with Crippen molar-refractivity contribution in [2.75, 3.05) is 7.11 Å². The number of nitrogens with zero attached hydrogens (tertiary/aromatic N) is 2. The summed E-state index contributed by atoms with van der Waals surface area (Å²) in [7, 11) is 1.39. The lowest BCUT2D eigenvalue weighted by molar-refractivity contribution is -0.146. The first-order valence-electron chi connectivity index (χ1n) is 5.34. The van der Waals surface area contributed by atoms with E-state index >= 15 is 0 Å². The third kappa shape index (κ3) is 2.41. The number of rotatable bonds is 4. The Hall–Kier alpha value is -1.36. The van der Waals surface area contributed by atoms with Crippen molar-refractivity contribution in [3.63, 3.8) is 0 Å². The fraction of sp³-hybridized carbons (Fsp3) is 0.636. The van der Waals surface area contributed by atoms with Crippen LogP contribution in [0.1, 0.15) is 38.5 Å². The summed E-state index contributed by atoms with van der Waals surface area (Å²) >= 11 is 0. The minimum absolute atomic E-state index is 0.124. The zero-order valence-corrected chi connectivity index (χ0v) is 10.2. The third-order valence-corrected chi connectivity index (χ3v) is 2.54. The van der Waals surface area contributed by atoms with E-state index in [1.54, 1.807) is 17.1 Å². The highest BCUT2D eigenvalue weighted by atomic mass is 16.5. The maximum absolute atomic E-state index is 11.7. The number of hydrogen-bond acceptors (Lipinski definition) is 4. The zero-order valence-electron chi connectivity index (χ0n) is 10.2. The topological polar surface area (TPSA) is 70.1 Å². The monoisotopic (exact) mass is 225 g/mol. The number of carbonyl (C=O) groups excluding carboxylic acids is 1. The molecular formula is C11H19N3O2. The molecular weight excluding hydrogens is 206 g/mol. The summed E-state index contributed by atoms with van der Waals surface area (Å²) in [6.45, 7) is 5.79. The molecule has 1 rings (SSSR count). The van der Waals surface area contributed by atoms with Crippen LogP contribution in [0.2, 0.25) is 0 Å². The van der Waals surface area contributed by atoms with Crippen LogP contribution in [-0.2, 0) is 9.53 Å². The molecule has 1 unspecified atom stereocenters. The molecule has 0 saturated carbocycles. The molecule has 0 spiro atoms. The van der Waals surface area contributed by atoms with Gasteiger partial charge in [-0.25, -0.2) is 9.78 Å². The zero-order chi connectivity index (χ0) is 12.3. The summed E-state index contributed by atoms with van der Waals surface area (Å²) in [4.78, 5) is 15.8. The molecule has 0 saturated heterocycles. The highest BCUT2D eigenvalue weighted by Crippen LogP contribution is 2.23. The molecule has 0 radical (unpaired) electrons. The smallest absolute Gasteiger partial charge is 0.329 e. The average Bonchev–Trinajstić information content (AvgIpc) is 2.66. The lowest BCUT2D eigenvalue weighted by Gasteiger charge is -2.23. The van der Waals surface area contributed by atoms with Crippen molar-refractivity contribution in [1.82, 2.24) is 9.55 Å². The summed E-state index contributed by atoms with van der Waals surface area (Å²) in [6.07, 6.45) is 3.31. The standard InChI is InChI=1S/C11H19N3O2/c1-7(2)10(11(15)16-4)14-6-13-5-9(14)8(3)12/h5-8,10H,12H2,1-4H3/t8-,10?/m1/s1. The molecule has 0 aromatic carbocycles. The van der Waals surface area contributed by atoms with Crippen LogP contribution in [0.3, 0.4) is 0 Å². The Morgan fingerprint density at radius 1 is 1.50 bits per heavy atom. The van der Waals surface area contributed by atoms with Gasteiger partial charge in [0.2, 0.25) is 0 Å². The van der Waals surface area contributed by atoms with Gasteiger partial charge in [-0.1, -0.05) is 13.8 Å². The van der Waals surface area contributed by atoms with Crippen molar-refractivity contribution in [2.45, 2.75) is 32.9 Å². The highest BCUT2D eigenvalue weighted by molar-refractivity contribution is 5.74. The lowest BCUT2D eigenvalue weighted by Crippen LogP contribution is -2.28. The Kier molecular flexibility index (Phi) is 4.06. The lowest BCUT2D eigenvalue weighted by atomic mass is 10.0. The summed E-state index contributed by atoms with van der Waals surface area (Å²) in [6, 6.07) is -0.526. The molecule has 2 atom stereocenters. The van der Waals surface area contributed by atoms with E-state index in [1.165, 1.54) is 7.11 Å². The van der Waals surface area contributed by atoms with E-state index in [2.05, 4.69) is 4.98 Å². The van der Waals surface area contributed by atoms with Crippen molar-refractivity contribution in [1.29, 1.82) is 0 Å². The predicted octanol–water partition coefficient (Wildman–Crippen LogP) is 1.27. The van der Waals surface area contributed by atoms with Gasteiger partial charge in [-0.15, -0.1) is 0 Å². The first kappa shape index (κ1) is 12.7. The van der Waals surface area contributed by atoms with Crippen molar-refractivity contribution in [3.05, 3.63) is 18.2 Å². The van der Waals surface area contributed by atoms with Gasteiger partial charge < -0.3 is 15.0 Å². The van der Waals surface area contributed by atoms with Crippen LogP contribution in [0.15, 0.2) is 12.5 Å². The predicted molar refractivity (Wildman–Crippen MR) is 60.7 cm³/mol. The Bertz CT molecular complexity index is 358. The van der Waals surface area contributed by atoms with E-state index in [9.17, 15) is 4.79 Å². The number of nitrogens with two attached hydrogens (primary N) is 1. The second-order valence-electron chi connectivity index (χ2n) is 4.23. The molecule has 1 aromatic heterocycles. The van der Waals surface area contributed by atoms with Crippen LogP contribution in [0, 0.1) is 5.92 Å². The molecule has 2 N–H and O–H groups in total. The molecule has 5 heteroatoms. The van der Waals surface area contributed by atoms with Gasteiger partial charge in [-0.05, 0) is 12.8 Å². The Morgan fingerprint density at radius 2 is 2.12 bits per heavy atom. The SMILES string of the molecule is COC(=O)C(C(C)C)n1cncc1[C@@H](C)N. The Labute approximate surface area is 95.6 Å². The second kappa shape index (κ2) is 5.12. The molecule has 16 heavy (non-hydrogen) atoms. The molecule has 0 aliphatic rings. The maximum atomic E-state index is 11.7. The first-order valence-corrected chi connectivity index (χ1v) is 5.34. The molecule has 0 fully saturated rings. The normalized spacial score (nSPS) is 14.9. The maximum Gasteiger partial charge on any atom is 0.329 e. The molecule has 90 valence electrons. The number of imidazole rings is 1. The van der Waals surface area contributed by atoms with Crippen molar-refractivity contribution in [3.8, 4) is 0 Å². The Balaban J connectivity index is 3.11. The number of esters is 1. The van der Waals surface area contributed by atoms with E-state index in [0.29, 0.717) is 0 Å². The molecule has 0 aliphatic carbocycles. The van der Waals surface area contributed by atoms with Gasteiger partial charge in [-0.2, -0.15) is 0 Å². The van der Waals surface area contributed by atoms with E-state index in [4.69, 9.17) is 10.5 Å². The van der Waals surface area contributed by atoms with Gasteiger partial charge in [0, 0.05) is 12.2 Å².